The average molecular weight is 369 g/mol. The molecule has 1 heterocycles. The molecule has 1 aliphatic heterocycles. The molecule has 1 fully saturated rings. The van der Waals surface area contributed by atoms with Crippen LogP contribution in [0.2, 0.25) is 0 Å². The van der Waals surface area contributed by atoms with E-state index in [4.69, 9.17) is 0 Å². The van der Waals surface area contributed by atoms with Gasteiger partial charge in [-0.1, -0.05) is 6.07 Å². The van der Waals surface area contributed by atoms with E-state index in [1.165, 1.54) is 12.1 Å². The molecule has 0 spiro atoms. The first-order chi connectivity index (χ1) is 12.3. The van der Waals surface area contributed by atoms with Gasteiger partial charge in [0.25, 0.3) is 10.0 Å². The van der Waals surface area contributed by atoms with Gasteiger partial charge < -0.3 is 4.90 Å². The molecule has 0 radical (unpaired) electrons. The molecule has 0 unspecified atom stereocenters. The van der Waals surface area contributed by atoms with Crippen LogP contribution in [0.1, 0.15) is 29.5 Å². The van der Waals surface area contributed by atoms with Crippen molar-refractivity contribution in [3.8, 4) is 6.07 Å². The number of carbonyl (C=O) groups excluding carboxylic acids is 1. The predicted molar refractivity (Wildman–Crippen MR) is 99.5 cm³/mol. The van der Waals surface area contributed by atoms with Gasteiger partial charge in [0, 0.05) is 18.7 Å². The van der Waals surface area contributed by atoms with Crippen molar-refractivity contribution in [2.24, 2.45) is 0 Å². The summed E-state index contributed by atoms with van der Waals surface area (Å²) in [4.78, 5) is 13.5. The highest BCUT2D eigenvalue weighted by Crippen LogP contribution is 2.26. The maximum Gasteiger partial charge on any atom is 0.261 e. The smallest absolute Gasteiger partial charge is 0.261 e. The molecule has 1 aliphatic rings. The van der Waals surface area contributed by atoms with Gasteiger partial charge in [0.15, 0.2) is 0 Å². The number of benzene rings is 2. The molecule has 1 amide bonds. The van der Waals surface area contributed by atoms with E-state index in [0.717, 1.165) is 12.0 Å². The molecule has 0 saturated carbocycles. The molecular formula is C19H19N3O3S. The molecule has 1 saturated heterocycles. The van der Waals surface area contributed by atoms with Crippen molar-refractivity contribution in [2.75, 3.05) is 16.2 Å². The Morgan fingerprint density at radius 1 is 1.15 bits per heavy atom. The van der Waals surface area contributed by atoms with E-state index in [2.05, 4.69) is 4.72 Å². The van der Waals surface area contributed by atoms with Gasteiger partial charge in [-0.3, -0.25) is 9.52 Å². The summed E-state index contributed by atoms with van der Waals surface area (Å²) in [5.74, 6) is 0.0487. The summed E-state index contributed by atoms with van der Waals surface area (Å²) in [6.07, 6.45) is 1.33. The summed E-state index contributed by atoms with van der Waals surface area (Å²) in [6, 6.07) is 11.7. The molecular weight excluding hydrogens is 350 g/mol. The molecule has 0 atom stereocenters. The Bertz CT molecular complexity index is 1010. The van der Waals surface area contributed by atoms with Gasteiger partial charge in [0.2, 0.25) is 5.91 Å². The van der Waals surface area contributed by atoms with Gasteiger partial charge in [0.05, 0.1) is 16.1 Å². The first kappa shape index (κ1) is 18.0. The lowest BCUT2D eigenvalue weighted by Crippen LogP contribution is -2.23. The van der Waals surface area contributed by atoms with E-state index in [1.54, 1.807) is 30.0 Å². The van der Waals surface area contributed by atoms with Crippen LogP contribution in [0.5, 0.6) is 0 Å². The normalized spacial score (nSPS) is 14.3. The molecule has 26 heavy (non-hydrogen) atoms. The zero-order valence-corrected chi connectivity index (χ0v) is 15.4. The number of amides is 1. The highest BCUT2D eigenvalue weighted by molar-refractivity contribution is 7.92. The molecule has 7 heteroatoms. The van der Waals surface area contributed by atoms with Crippen LogP contribution in [-0.2, 0) is 14.8 Å². The Hall–Kier alpha value is -2.85. The van der Waals surface area contributed by atoms with E-state index in [-0.39, 0.29) is 16.5 Å². The van der Waals surface area contributed by atoms with Crippen LogP contribution in [0.15, 0.2) is 41.3 Å². The van der Waals surface area contributed by atoms with Crippen LogP contribution in [-0.4, -0.2) is 20.9 Å². The van der Waals surface area contributed by atoms with Gasteiger partial charge in [-0.2, -0.15) is 5.26 Å². The van der Waals surface area contributed by atoms with Crippen molar-refractivity contribution in [3.63, 3.8) is 0 Å². The molecule has 2 aromatic carbocycles. The van der Waals surface area contributed by atoms with Crippen molar-refractivity contribution < 1.29 is 13.2 Å². The fourth-order valence-electron chi connectivity index (χ4n) is 3.13. The molecule has 1 N–H and O–H groups in total. The van der Waals surface area contributed by atoms with E-state index >= 15 is 0 Å². The number of nitriles is 1. The minimum Gasteiger partial charge on any atom is -0.312 e. The van der Waals surface area contributed by atoms with Crippen molar-refractivity contribution in [1.29, 1.82) is 5.26 Å². The quantitative estimate of drug-likeness (QED) is 0.896. The van der Waals surface area contributed by atoms with Crippen molar-refractivity contribution >= 4 is 27.3 Å². The second-order valence-corrected chi connectivity index (χ2v) is 8.05. The topological polar surface area (TPSA) is 90.3 Å². The number of carbonyl (C=O) groups is 1. The summed E-state index contributed by atoms with van der Waals surface area (Å²) >= 11 is 0. The first-order valence-corrected chi connectivity index (χ1v) is 9.75. The Kier molecular flexibility index (Phi) is 4.70. The van der Waals surface area contributed by atoms with E-state index in [9.17, 15) is 18.5 Å². The number of aryl methyl sites for hydroxylation is 2. The van der Waals surface area contributed by atoms with Gasteiger partial charge in [0.1, 0.15) is 6.07 Å². The number of hydrogen-bond donors (Lipinski definition) is 1. The number of rotatable bonds is 4. The molecule has 3 rings (SSSR count). The molecule has 0 aromatic heterocycles. The largest absolute Gasteiger partial charge is 0.312 e. The maximum absolute atomic E-state index is 12.7. The number of nitrogens with zero attached hydrogens (tertiary/aromatic N) is 2. The Labute approximate surface area is 153 Å². The van der Waals surface area contributed by atoms with Crippen molar-refractivity contribution in [1.82, 2.24) is 0 Å². The van der Waals surface area contributed by atoms with E-state index in [1.807, 2.05) is 19.1 Å². The van der Waals surface area contributed by atoms with Gasteiger partial charge in [-0.05, 0) is 61.7 Å². The third-order valence-electron chi connectivity index (χ3n) is 4.37. The SMILES string of the molecule is Cc1cc(C)c(C#N)c(NS(=O)(=O)c2ccc(N3CCCC3=O)cc2)c1. The third kappa shape index (κ3) is 3.41. The van der Waals surface area contributed by atoms with Crippen LogP contribution in [0, 0.1) is 25.2 Å². The summed E-state index contributed by atoms with van der Waals surface area (Å²) in [6.45, 7) is 4.26. The summed E-state index contributed by atoms with van der Waals surface area (Å²) in [7, 11) is -3.84. The fraction of sp³-hybridized carbons (Fsp3) is 0.263. The highest BCUT2D eigenvalue weighted by Gasteiger charge is 2.23. The summed E-state index contributed by atoms with van der Waals surface area (Å²) in [5.41, 5.74) is 2.84. The fourth-order valence-corrected chi connectivity index (χ4v) is 4.19. The minimum absolute atomic E-state index is 0.0487. The minimum atomic E-state index is -3.84. The van der Waals surface area contributed by atoms with Crippen LogP contribution < -0.4 is 9.62 Å². The van der Waals surface area contributed by atoms with Crippen LogP contribution in [0.3, 0.4) is 0 Å². The van der Waals surface area contributed by atoms with Crippen LogP contribution in [0.25, 0.3) is 0 Å². The summed E-state index contributed by atoms with van der Waals surface area (Å²) < 4.78 is 27.9. The number of anilines is 2. The van der Waals surface area contributed by atoms with Gasteiger partial charge in [-0.25, -0.2) is 8.42 Å². The van der Waals surface area contributed by atoms with Crippen molar-refractivity contribution in [3.05, 3.63) is 53.1 Å². The Morgan fingerprint density at radius 3 is 2.42 bits per heavy atom. The monoisotopic (exact) mass is 369 g/mol. The van der Waals surface area contributed by atoms with E-state index in [0.29, 0.717) is 29.8 Å². The number of sulfonamides is 1. The standard InChI is InChI=1S/C19H19N3O3S/c1-13-10-14(2)17(12-20)18(11-13)21-26(24,25)16-7-5-15(6-8-16)22-9-3-4-19(22)23/h5-8,10-11,21H,3-4,9H2,1-2H3. The molecule has 2 aromatic rings. The van der Waals surface area contributed by atoms with Gasteiger partial charge in [-0.15, -0.1) is 0 Å². The Balaban J connectivity index is 1.90. The molecule has 134 valence electrons. The number of hydrogen-bond acceptors (Lipinski definition) is 4. The molecule has 6 nitrogen and oxygen atoms in total. The average Bonchev–Trinajstić information content (AvgIpc) is 3.00. The zero-order valence-electron chi connectivity index (χ0n) is 14.6. The lowest BCUT2D eigenvalue weighted by atomic mass is 10.0. The van der Waals surface area contributed by atoms with Crippen LogP contribution in [0.4, 0.5) is 11.4 Å². The highest BCUT2D eigenvalue weighted by atomic mass is 32.2. The molecule has 0 aliphatic carbocycles. The van der Waals surface area contributed by atoms with Gasteiger partial charge >= 0.3 is 0 Å². The predicted octanol–water partition coefficient (Wildman–Crippen LogP) is 3.10. The van der Waals surface area contributed by atoms with E-state index < -0.39 is 10.0 Å². The first-order valence-electron chi connectivity index (χ1n) is 8.26. The Morgan fingerprint density at radius 2 is 1.85 bits per heavy atom. The lowest BCUT2D eigenvalue weighted by Gasteiger charge is -2.16. The molecule has 0 bridgehead atoms. The third-order valence-corrected chi connectivity index (χ3v) is 5.75. The van der Waals surface area contributed by atoms with Crippen molar-refractivity contribution in [2.45, 2.75) is 31.6 Å². The lowest BCUT2D eigenvalue weighted by molar-refractivity contribution is -0.117. The number of nitrogens with one attached hydrogen (secondary N) is 1. The zero-order chi connectivity index (χ0) is 18.9. The summed E-state index contributed by atoms with van der Waals surface area (Å²) in [5, 5.41) is 9.32. The van der Waals surface area contributed by atoms with Crippen LogP contribution >= 0.6 is 0 Å². The maximum atomic E-state index is 12.7. The second kappa shape index (κ2) is 6.81. The second-order valence-electron chi connectivity index (χ2n) is 6.36.